The Morgan fingerprint density at radius 3 is 1.61 bits per heavy atom. The molecule has 0 spiro atoms. The average molecular weight is 877 g/mol. The number of rotatable bonds is 10. The van der Waals surface area contributed by atoms with Crippen molar-refractivity contribution in [3.05, 3.63) is 201 Å². The number of Topliss-reactive ketones (excluding diaryl/α,β-unsaturated/α-hetero) is 3. The minimum atomic E-state index is -0.191. The summed E-state index contributed by atoms with van der Waals surface area (Å²) >= 11 is 0. The molecule has 0 saturated heterocycles. The van der Waals surface area contributed by atoms with Gasteiger partial charge in [0.1, 0.15) is 5.78 Å². The third-order valence-electron chi connectivity index (χ3n) is 16.0. The van der Waals surface area contributed by atoms with Crippen LogP contribution in [0.3, 0.4) is 0 Å². The summed E-state index contributed by atoms with van der Waals surface area (Å²) in [5.74, 6) is 1.56. The molecule has 2 aromatic heterocycles. The van der Waals surface area contributed by atoms with Crippen molar-refractivity contribution in [1.82, 2.24) is 9.97 Å². The van der Waals surface area contributed by atoms with Crippen molar-refractivity contribution in [3.8, 4) is 0 Å². The van der Waals surface area contributed by atoms with Gasteiger partial charge in [-0.25, -0.2) is 0 Å². The van der Waals surface area contributed by atoms with E-state index in [4.69, 9.17) is 0 Å². The second-order valence-corrected chi connectivity index (χ2v) is 19.9. The van der Waals surface area contributed by atoms with E-state index in [1.165, 1.54) is 33.4 Å². The van der Waals surface area contributed by atoms with E-state index in [0.717, 1.165) is 111 Å². The minimum absolute atomic E-state index is 0.0252. The SMILES string of the molecule is Cc1ncccc1CC(=O)c1ccc2c(c1)CCC[C@H]1CC(=O)CC[C@@]21Cc1ccccc1.Cc1ncccc1CC(=O)c1ccc2c(c1)CCC[C@H]1C[C@@H](O)CC[C@@]21Cc1ccccc1. The number of aromatic nitrogens is 2. The molecule has 2 saturated carbocycles. The van der Waals surface area contributed by atoms with Crippen LogP contribution in [0.1, 0.15) is 141 Å². The first-order chi connectivity index (χ1) is 32.1. The van der Waals surface area contributed by atoms with Gasteiger partial charge in [0.15, 0.2) is 11.6 Å². The normalized spacial score (nSPS) is 23.3. The minimum Gasteiger partial charge on any atom is -0.393 e. The van der Waals surface area contributed by atoms with Crippen LogP contribution in [0.2, 0.25) is 0 Å². The Labute approximate surface area is 391 Å². The molecule has 2 heterocycles. The molecule has 338 valence electrons. The van der Waals surface area contributed by atoms with Crippen LogP contribution in [0.4, 0.5) is 0 Å². The molecule has 0 bridgehead atoms. The van der Waals surface area contributed by atoms with E-state index >= 15 is 0 Å². The molecule has 6 aromatic rings. The molecule has 4 aromatic carbocycles. The molecular formula is C60H64N2O4. The molecule has 0 amide bonds. The van der Waals surface area contributed by atoms with Gasteiger partial charge in [-0.15, -0.1) is 0 Å². The summed E-state index contributed by atoms with van der Waals surface area (Å²) in [4.78, 5) is 47.4. The highest BCUT2D eigenvalue weighted by molar-refractivity contribution is 5.98. The quantitative estimate of drug-likeness (QED) is 0.138. The highest BCUT2D eigenvalue weighted by Crippen LogP contribution is 2.52. The van der Waals surface area contributed by atoms with Gasteiger partial charge in [0.2, 0.25) is 0 Å². The zero-order chi connectivity index (χ0) is 45.7. The molecule has 4 aliphatic rings. The first-order valence-electron chi connectivity index (χ1n) is 24.5. The van der Waals surface area contributed by atoms with Crippen molar-refractivity contribution >= 4 is 17.3 Å². The number of ketones is 3. The Morgan fingerprint density at radius 1 is 0.591 bits per heavy atom. The van der Waals surface area contributed by atoms with Crippen molar-refractivity contribution in [2.75, 3.05) is 0 Å². The van der Waals surface area contributed by atoms with Crippen molar-refractivity contribution in [2.24, 2.45) is 11.8 Å². The number of carbonyl (C=O) groups is 3. The predicted molar refractivity (Wildman–Crippen MR) is 262 cm³/mol. The summed E-state index contributed by atoms with van der Waals surface area (Å²) in [6.45, 7) is 3.92. The number of hydrogen-bond acceptors (Lipinski definition) is 6. The summed E-state index contributed by atoms with van der Waals surface area (Å²) in [5.41, 5.74) is 13.5. The fourth-order valence-electron chi connectivity index (χ4n) is 12.5. The Kier molecular flexibility index (Phi) is 13.7. The lowest BCUT2D eigenvalue weighted by molar-refractivity contribution is -0.123. The summed E-state index contributed by atoms with van der Waals surface area (Å²) in [5, 5.41) is 10.5. The van der Waals surface area contributed by atoms with Crippen molar-refractivity contribution in [1.29, 1.82) is 0 Å². The monoisotopic (exact) mass is 876 g/mol. The fraction of sp³-hybridized carbons (Fsp3) is 0.383. The van der Waals surface area contributed by atoms with Crippen LogP contribution >= 0.6 is 0 Å². The van der Waals surface area contributed by atoms with E-state index in [0.29, 0.717) is 43.3 Å². The van der Waals surface area contributed by atoms with Gasteiger partial charge in [-0.2, -0.15) is 0 Å². The molecule has 6 heteroatoms. The molecule has 10 rings (SSSR count). The van der Waals surface area contributed by atoms with Crippen LogP contribution in [0, 0.1) is 25.7 Å². The van der Waals surface area contributed by atoms with Crippen molar-refractivity contribution in [3.63, 3.8) is 0 Å². The zero-order valence-electron chi connectivity index (χ0n) is 38.8. The van der Waals surface area contributed by atoms with E-state index in [-0.39, 0.29) is 28.5 Å². The van der Waals surface area contributed by atoms with Crippen LogP contribution in [0.15, 0.2) is 134 Å². The topological polar surface area (TPSA) is 97.2 Å². The number of benzene rings is 4. The molecule has 5 atom stereocenters. The maximum Gasteiger partial charge on any atom is 0.167 e. The lowest BCUT2D eigenvalue weighted by atomic mass is 9.58. The maximum absolute atomic E-state index is 13.2. The average Bonchev–Trinajstić information content (AvgIpc) is 3.58. The van der Waals surface area contributed by atoms with Gasteiger partial charge in [0.05, 0.1) is 6.10 Å². The van der Waals surface area contributed by atoms with Gasteiger partial charge in [-0.05, 0) is 172 Å². The third-order valence-corrected chi connectivity index (χ3v) is 16.0. The molecule has 0 aliphatic heterocycles. The highest BCUT2D eigenvalue weighted by atomic mass is 16.3. The molecule has 4 aliphatic carbocycles. The van der Waals surface area contributed by atoms with Gasteiger partial charge >= 0.3 is 0 Å². The molecule has 6 nitrogen and oxygen atoms in total. The Balaban J connectivity index is 0.000000166. The molecule has 0 radical (unpaired) electrons. The first-order valence-corrected chi connectivity index (χ1v) is 24.5. The van der Waals surface area contributed by atoms with Crippen LogP contribution < -0.4 is 0 Å². The maximum atomic E-state index is 13.2. The van der Waals surface area contributed by atoms with E-state index < -0.39 is 0 Å². The van der Waals surface area contributed by atoms with Crippen LogP contribution in [0.25, 0.3) is 0 Å². The first kappa shape index (κ1) is 45.3. The Hall–Kier alpha value is -5.85. The molecular weight excluding hydrogens is 813 g/mol. The number of aliphatic hydroxyl groups is 1. The summed E-state index contributed by atoms with van der Waals surface area (Å²) < 4.78 is 0. The second kappa shape index (κ2) is 19.9. The second-order valence-electron chi connectivity index (χ2n) is 19.9. The van der Waals surface area contributed by atoms with Gasteiger partial charge in [-0.1, -0.05) is 97.1 Å². The molecule has 0 unspecified atom stereocenters. The Bertz CT molecular complexity index is 2690. The fourth-order valence-corrected chi connectivity index (χ4v) is 12.5. The van der Waals surface area contributed by atoms with Gasteiger partial charge in [-0.3, -0.25) is 24.4 Å². The van der Waals surface area contributed by atoms with Crippen molar-refractivity contribution < 1.29 is 19.5 Å². The van der Waals surface area contributed by atoms with Gasteiger partial charge in [0, 0.05) is 71.4 Å². The smallest absolute Gasteiger partial charge is 0.167 e. The summed E-state index contributed by atoms with van der Waals surface area (Å²) in [7, 11) is 0. The number of hydrogen-bond donors (Lipinski definition) is 1. The number of aliphatic hydroxyl groups excluding tert-OH is 1. The van der Waals surface area contributed by atoms with E-state index in [9.17, 15) is 19.5 Å². The highest BCUT2D eigenvalue weighted by Gasteiger charge is 2.48. The van der Waals surface area contributed by atoms with Gasteiger partial charge in [0.25, 0.3) is 0 Å². The largest absolute Gasteiger partial charge is 0.393 e. The third kappa shape index (κ3) is 9.67. The lowest BCUT2D eigenvalue weighted by Gasteiger charge is -2.46. The van der Waals surface area contributed by atoms with Crippen LogP contribution in [-0.4, -0.2) is 38.5 Å². The molecule has 66 heavy (non-hydrogen) atoms. The molecule has 2 fully saturated rings. The lowest BCUT2D eigenvalue weighted by Crippen LogP contribution is -2.43. The number of fused-ring (bicyclic) bond motifs is 6. The van der Waals surface area contributed by atoms with E-state index in [2.05, 4.69) is 94.9 Å². The number of nitrogens with zero attached hydrogens (tertiary/aromatic N) is 2. The van der Waals surface area contributed by atoms with Crippen LogP contribution in [-0.2, 0) is 54.1 Å². The molecule has 1 N–H and O–H groups in total. The number of carbonyl (C=O) groups excluding carboxylic acids is 3. The van der Waals surface area contributed by atoms with Crippen LogP contribution in [0.5, 0.6) is 0 Å². The Morgan fingerprint density at radius 2 is 1.09 bits per heavy atom. The summed E-state index contributed by atoms with van der Waals surface area (Å²) in [6.07, 6.45) is 17.4. The van der Waals surface area contributed by atoms with Gasteiger partial charge < -0.3 is 5.11 Å². The number of pyridine rings is 2. The zero-order valence-corrected chi connectivity index (χ0v) is 38.8. The van der Waals surface area contributed by atoms with Crippen molar-refractivity contribution in [2.45, 2.75) is 134 Å². The predicted octanol–water partition coefficient (Wildman–Crippen LogP) is 11.8. The van der Waals surface area contributed by atoms with E-state index in [1.807, 2.05) is 50.2 Å². The number of aryl methyl sites for hydroxylation is 4. The summed E-state index contributed by atoms with van der Waals surface area (Å²) in [6, 6.07) is 42.1. The standard InChI is InChI=1S/C30H33NO2.C30H31NO2/c2*1-21-23(10-6-16-31-21)18-29(33)25-12-13-28-24(17-25)9-5-11-26-19-27(32)14-15-30(26,28)20-22-7-3-2-4-8-22/h2-4,6-8,10,12-13,16-17,26-27,32H,5,9,11,14-15,18-20H2,1H3;2-4,6-8,10,12-13,16-17,26H,5,9,11,14-15,18-20H2,1H3/t26-,27-,30-;26-,30-/m00/s1. The van der Waals surface area contributed by atoms with E-state index in [1.54, 1.807) is 12.4 Å².